The van der Waals surface area contributed by atoms with Gasteiger partial charge in [-0.15, -0.1) is 0 Å². The van der Waals surface area contributed by atoms with Crippen molar-refractivity contribution in [3.05, 3.63) is 11.7 Å². The van der Waals surface area contributed by atoms with E-state index in [1.54, 1.807) is 0 Å². The van der Waals surface area contributed by atoms with Crippen molar-refractivity contribution in [1.82, 2.24) is 15.0 Å². The molecule has 1 fully saturated rings. The lowest BCUT2D eigenvalue weighted by molar-refractivity contribution is -0.0350. The molecule has 2 atom stereocenters. The zero-order chi connectivity index (χ0) is 15.5. The summed E-state index contributed by atoms with van der Waals surface area (Å²) in [6, 6.07) is 0. The smallest absolute Gasteiger partial charge is 0.229 e. The van der Waals surface area contributed by atoms with Crippen LogP contribution in [0, 0.1) is 5.41 Å². The molecule has 0 saturated carbocycles. The lowest BCUT2D eigenvalue weighted by Crippen LogP contribution is -2.39. The van der Waals surface area contributed by atoms with Gasteiger partial charge in [0.25, 0.3) is 0 Å². The van der Waals surface area contributed by atoms with Crippen molar-refractivity contribution in [2.24, 2.45) is 5.41 Å². The fourth-order valence-corrected chi connectivity index (χ4v) is 2.33. The summed E-state index contributed by atoms with van der Waals surface area (Å²) in [4.78, 5) is 6.75. The van der Waals surface area contributed by atoms with Gasteiger partial charge in [-0.05, 0) is 18.4 Å². The average molecular weight is 297 g/mol. The van der Waals surface area contributed by atoms with Gasteiger partial charge in [0.05, 0.1) is 19.1 Å². The van der Waals surface area contributed by atoms with Gasteiger partial charge in [-0.3, -0.25) is 4.90 Å². The molecule has 1 N–H and O–H groups in total. The normalized spacial score (nSPS) is 22.4. The van der Waals surface area contributed by atoms with Crippen LogP contribution in [0.15, 0.2) is 4.52 Å². The molecule has 0 radical (unpaired) electrons. The first-order valence-electron chi connectivity index (χ1n) is 7.74. The predicted molar refractivity (Wildman–Crippen MR) is 78.9 cm³/mol. The molecule has 1 saturated heterocycles. The van der Waals surface area contributed by atoms with Gasteiger partial charge in [-0.1, -0.05) is 32.9 Å². The van der Waals surface area contributed by atoms with Gasteiger partial charge in [-0.2, -0.15) is 4.98 Å². The second-order valence-electron chi connectivity index (χ2n) is 6.79. The van der Waals surface area contributed by atoms with E-state index in [-0.39, 0.29) is 11.5 Å². The van der Waals surface area contributed by atoms with Crippen molar-refractivity contribution in [3.63, 3.8) is 0 Å². The minimum atomic E-state index is -0.505. The number of aliphatic hydroxyl groups excluding tert-OH is 1. The standard InChI is InChI=1S/C15H27N3O3/c1-5-6-18-7-8-20-11(10-18)14-16-13(21-17-14)9-12(19)15(2,3)4/h11-12,19H,5-10H2,1-4H3. The van der Waals surface area contributed by atoms with E-state index in [9.17, 15) is 5.11 Å². The zero-order valence-corrected chi connectivity index (χ0v) is 13.5. The summed E-state index contributed by atoms with van der Waals surface area (Å²) in [7, 11) is 0. The van der Waals surface area contributed by atoms with E-state index in [1.807, 2.05) is 20.8 Å². The number of rotatable bonds is 5. The van der Waals surface area contributed by atoms with E-state index >= 15 is 0 Å². The molecular weight excluding hydrogens is 270 g/mol. The van der Waals surface area contributed by atoms with E-state index < -0.39 is 6.10 Å². The Bertz CT molecular complexity index is 440. The van der Waals surface area contributed by atoms with Crippen LogP contribution in [0.25, 0.3) is 0 Å². The topological polar surface area (TPSA) is 71.6 Å². The summed E-state index contributed by atoms with van der Waals surface area (Å²) >= 11 is 0. The number of aromatic nitrogens is 2. The van der Waals surface area contributed by atoms with Gasteiger partial charge >= 0.3 is 0 Å². The van der Waals surface area contributed by atoms with E-state index in [0.717, 1.165) is 26.1 Å². The Morgan fingerprint density at radius 2 is 2.19 bits per heavy atom. The van der Waals surface area contributed by atoms with Crippen LogP contribution in [0.2, 0.25) is 0 Å². The fraction of sp³-hybridized carbons (Fsp3) is 0.867. The molecule has 0 bridgehead atoms. The molecule has 2 rings (SSSR count). The third-order valence-electron chi connectivity index (χ3n) is 3.83. The predicted octanol–water partition coefficient (Wildman–Crippen LogP) is 1.80. The molecule has 6 nitrogen and oxygen atoms in total. The number of hydrogen-bond donors (Lipinski definition) is 1. The SMILES string of the molecule is CCCN1CCOC(c2noc(CC(O)C(C)(C)C)n2)C1. The molecule has 0 spiro atoms. The molecule has 2 unspecified atom stereocenters. The Kier molecular flexibility index (Phi) is 5.35. The summed E-state index contributed by atoms with van der Waals surface area (Å²) in [5.74, 6) is 1.07. The van der Waals surface area contributed by atoms with Crippen LogP contribution in [-0.4, -0.2) is 52.5 Å². The molecule has 1 aliphatic heterocycles. The second-order valence-corrected chi connectivity index (χ2v) is 6.79. The maximum atomic E-state index is 10.1. The molecule has 0 aromatic carbocycles. The molecule has 1 aliphatic rings. The summed E-state index contributed by atoms with van der Waals surface area (Å²) < 4.78 is 11.0. The summed E-state index contributed by atoms with van der Waals surface area (Å²) in [5, 5.41) is 14.1. The third kappa shape index (κ3) is 4.49. The van der Waals surface area contributed by atoms with Crippen molar-refractivity contribution in [1.29, 1.82) is 0 Å². The molecule has 1 aromatic heterocycles. The van der Waals surface area contributed by atoms with Gasteiger partial charge in [0, 0.05) is 13.1 Å². The number of morpholine rings is 1. The third-order valence-corrected chi connectivity index (χ3v) is 3.83. The highest BCUT2D eigenvalue weighted by Crippen LogP contribution is 2.24. The number of hydrogen-bond acceptors (Lipinski definition) is 6. The highest BCUT2D eigenvalue weighted by molar-refractivity contribution is 4.96. The number of ether oxygens (including phenoxy) is 1. The Morgan fingerprint density at radius 1 is 1.43 bits per heavy atom. The lowest BCUT2D eigenvalue weighted by atomic mass is 9.87. The fourth-order valence-electron chi connectivity index (χ4n) is 2.33. The first-order chi connectivity index (χ1) is 9.90. The van der Waals surface area contributed by atoms with Gasteiger partial charge in [0.2, 0.25) is 11.7 Å². The first kappa shape index (κ1) is 16.4. The molecule has 0 aliphatic carbocycles. The largest absolute Gasteiger partial charge is 0.392 e. The van der Waals surface area contributed by atoms with E-state index in [1.165, 1.54) is 0 Å². The lowest BCUT2D eigenvalue weighted by Gasteiger charge is -2.30. The van der Waals surface area contributed by atoms with Crippen LogP contribution in [-0.2, 0) is 11.2 Å². The molecule has 1 aromatic rings. The van der Waals surface area contributed by atoms with Gasteiger partial charge in [0.1, 0.15) is 6.10 Å². The quantitative estimate of drug-likeness (QED) is 0.893. The molecule has 0 amide bonds. The summed E-state index contributed by atoms with van der Waals surface area (Å²) in [5.41, 5.74) is -0.200. The molecule has 6 heteroatoms. The molecule has 120 valence electrons. The highest BCUT2D eigenvalue weighted by atomic mass is 16.5. The van der Waals surface area contributed by atoms with Crippen molar-refractivity contribution in [2.75, 3.05) is 26.2 Å². The van der Waals surface area contributed by atoms with E-state index in [0.29, 0.717) is 24.7 Å². The molecule has 21 heavy (non-hydrogen) atoms. The Morgan fingerprint density at radius 3 is 2.86 bits per heavy atom. The maximum Gasteiger partial charge on any atom is 0.229 e. The number of aliphatic hydroxyl groups is 1. The minimum Gasteiger partial charge on any atom is -0.392 e. The van der Waals surface area contributed by atoms with Crippen LogP contribution in [0.4, 0.5) is 0 Å². The van der Waals surface area contributed by atoms with Crippen molar-refractivity contribution < 1.29 is 14.4 Å². The van der Waals surface area contributed by atoms with Gasteiger partial charge in [-0.25, -0.2) is 0 Å². The van der Waals surface area contributed by atoms with Crippen molar-refractivity contribution in [3.8, 4) is 0 Å². The molecular formula is C15H27N3O3. The van der Waals surface area contributed by atoms with Gasteiger partial charge in [0.15, 0.2) is 0 Å². The summed E-state index contributed by atoms with van der Waals surface area (Å²) in [6.07, 6.45) is 0.869. The van der Waals surface area contributed by atoms with E-state index in [4.69, 9.17) is 9.26 Å². The molecule has 2 heterocycles. The number of nitrogens with zero attached hydrogens (tertiary/aromatic N) is 3. The van der Waals surface area contributed by atoms with Crippen LogP contribution >= 0.6 is 0 Å². The maximum absolute atomic E-state index is 10.1. The van der Waals surface area contributed by atoms with E-state index in [2.05, 4.69) is 22.0 Å². The minimum absolute atomic E-state index is 0.130. The Balaban J connectivity index is 1.96. The monoisotopic (exact) mass is 297 g/mol. The van der Waals surface area contributed by atoms with Gasteiger partial charge < -0.3 is 14.4 Å². The summed E-state index contributed by atoms with van der Waals surface area (Å²) in [6.45, 7) is 11.6. The van der Waals surface area contributed by atoms with Crippen LogP contribution in [0.3, 0.4) is 0 Å². The zero-order valence-electron chi connectivity index (χ0n) is 13.5. The van der Waals surface area contributed by atoms with Crippen LogP contribution in [0.5, 0.6) is 0 Å². The Labute approximate surface area is 126 Å². The first-order valence-corrected chi connectivity index (χ1v) is 7.74. The second kappa shape index (κ2) is 6.85. The highest BCUT2D eigenvalue weighted by Gasteiger charge is 2.28. The average Bonchev–Trinajstić information content (AvgIpc) is 2.87. The Hall–Kier alpha value is -0.980. The van der Waals surface area contributed by atoms with Crippen LogP contribution in [0.1, 0.15) is 51.9 Å². The van der Waals surface area contributed by atoms with Crippen LogP contribution < -0.4 is 0 Å². The van der Waals surface area contributed by atoms with Crippen molar-refractivity contribution in [2.45, 2.75) is 52.7 Å². The van der Waals surface area contributed by atoms with Crippen molar-refractivity contribution >= 4 is 0 Å².